The summed E-state index contributed by atoms with van der Waals surface area (Å²) in [6.45, 7) is 2.02. The molecule has 5 nitrogen and oxygen atoms in total. The smallest absolute Gasteiger partial charge is 0.417 e. The van der Waals surface area contributed by atoms with Gasteiger partial charge in [0.2, 0.25) is 0 Å². The van der Waals surface area contributed by atoms with E-state index in [9.17, 15) is 18.0 Å². The standard InChI is InChI=1S/C18H13ClF3N3O2/c1-2-11-3-6-13(7-4-11)27-14-10-24-25(17(26)16(14)19)15-8-5-12(9-23-15)18(20,21)22/h3-10H,2H2,1H3. The van der Waals surface area contributed by atoms with Gasteiger partial charge in [-0.1, -0.05) is 30.7 Å². The van der Waals surface area contributed by atoms with Gasteiger partial charge in [0.1, 0.15) is 5.75 Å². The van der Waals surface area contributed by atoms with Crippen LogP contribution in [0.2, 0.25) is 5.02 Å². The van der Waals surface area contributed by atoms with E-state index in [2.05, 4.69) is 10.1 Å². The van der Waals surface area contributed by atoms with Crippen LogP contribution in [-0.2, 0) is 12.6 Å². The van der Waals surface area contributed by atoms with Gasteiger partial charge in [-0.05, 0) is 36.2 Å². The molecule has 0 aliphatic carbocycles. The Kier molecular flexibility index (Phi) is 5.18. The number of halogens is 4. The van der Waals surface area contributed by atoms with Gasteiger partial charge in [-0.15, -0.1) is 0 Å². The number of hydrogen-bond donors (Lipinski definition) is 0. The van der Waals surface area contributed by atoms with E-state index in [1.807, 2.05) is 19.1 Å². The van der Waals surface area contributed by atoms with Gasteiger partial charge in [-0.2, -0.15) is 23.0 Å². The molecule has 0 spiro atoms. The SMILES string of the molecule is CCc1ccc(Oc2cnn(-c3ccc(C(F)(F)F)cn3)c(=O)c2Cl)cc1. The van der Waals surface area contributed by atoms with Crippen molar-refractivity contribution in [3.63, 3.8) is 0 Å². The van der Waals surface area contributed by atoms with Crippen LogP contribution in [0.5, 0.6) is 11.5 Å². The zero-order chi connectivity index (χ0) is 19.6. The van der Waals surface area contributed by atoms with Gasteiger partial charge in [0.25, 0.3) is 5.56 Å². The Labute approximate surface area is 157 Å². The summed E-state index contributed by atoms with van der Waals surface area (Å²) in [5.41, 5.74) is -0.567. The second-order valence-electron chi connectivity index (χ2n) is 5.54. The third-order valence-electron chi connectivity index (χ3n) is 3.74. The molecule has 0 radical (unpaired) electrons. The molecular weight excluding hydrogens is 383 g/mol. The highest BCUT2D eigenvalue weighted by Gasteiger charge is 2.30. The highest BCUT2D eigenvalue weighted by molar-refractivity contribution is 6.31. The lowest BCUT2D eigenvalue weighted by Crippen LogP contribution is -2.22. The molecule has 0 unspecified atom stereocenters. The first-order valence-corrected chi connectivity index (χ1v) is 8.25. The van der Waals surface area contributed by atoms with Crippen molar-refractivity contribution in [3.8, 4) is 17.3 Å². The lowest BCUT2D eigenvalue weighted by molar-refractivity contribution is -0.137. The average molecular weight is 396 g/mol. The Hall–Kier alpha value is -2.87. The minimum atomic E-state index is -4.52. The van der Waals surface area contributed by atoms with Gasteiger partial charge in [0, 0.05) is 6.20 Å². The van der Waals surface area contributed by atoms with Crippen molar-refractivity contribution >= 4 is 11.6 Å². The van der Waals surface area contributed by atoms with Crippen LogP contribution in [0.3, 0.4) is 0 Å². The number of rotatable bonds is 4. The maximum atomic E-state index is 12.6. The molecule has 1 aromatic carbocycles. The Morgan fingerprint density at radius 2 is 1.81 bits per heavy atom. The topological polar surface area (TPSA) is 57.0 Å². The second-order valence-corrected chi connectivity index (χ2v) is 5.92. The van der Waals surface area contributed by atoms with Gasteiger partial charge < -0.3 is 4.74 Å². The number of ether oxygens (including phenoxy) is 1. The molecule has 2 heterocycles. The molecule has 140 valence electrons. The summed E-state index contributed by atoms with van der Waals surface area (Å²) >= 11 is 6.05. The molecule has 2 aromatic heterocycles. The van der Waals surface area contributed by atoms with Gasteiger partial charge in [0.15, 0.2) is 16.6 Å². The Morgan fingerprint density at radius 3 is 2.37 bits per heavy atom. The van der Waals surface area contributed by atoms with Gasteiger partial charge in [-0.3, -0.25) is 4.79 Å². The van der Waals surface area contributed by atoms with Gasteiger partial charge >= 0.3 is 6.18 Å². The van der Waals surface area contributed by atoms with Crippen LogP contribution in [0.15, 0.2) is 53.6 Å². The van der Waals surface area contributed by atoms with E-state index < -0.39 is 17.3 Å². The number of alkyl halides is 3. The van der Waals surface area contributed by atoms with E-state index >= 15 is 0 Å². The van der Waals surface area contributed by atoms with E-state index in [1.165, 1.54) is 6.20 Å². The number of pyridine rings is 1. The third-order valence-corrected chi connectivity index (χ3v) is 4.09. The van der Waals surface area contributed by atoms with Crippen LogP contribution in [0.4, 0.5) is 13.2 Å². The van der Waals surface area contributed by atoms with E-state index in [4.69, 9.17) is 16.3 Å². The highest BCUT2D eigenvalue weighted by atomic mass is 35.5. The van der Waals surface area contributed by atoms with Crippen LogP contribution >= 0.6 is 11.6 Å². The number of hydrogen-bond acceptors (Lipinski definition) is 4. The van der Waals surface area contributed by atoms with Crippen molar-refractivity contribution in [2.45, 2.75) is 19.5 Å². The summed E-state index contributed by atoms with van der Waals surface area (Å²) in [6, 6.07) is 9.08. The summed E-state index contributed by atoms with van der Waals surface area (Å²) in [7, 11) is 0. The van der Waals surface area contributed by atoms with Gasteiger partial charge in [-0.25, -0.2) is 4.98 Å². The van der Waals surface area contributed by atoms with Crippen molar-refractivity contribution in [2.24, 2.45) is 0 Å². The Bertz CT molecular complexity index is 1000. The quantitative estimate of drug-likeness (QED) is 0.645. The van der Waals surface area contributed by atoms with E-state index in [-0.39, 0.29) is 16.6 Å². The number of aromatic nitrogens is 3. The summed E-state index contributed by atoms with van der Waals surface area (Å²) in [5.74, 6) is 0.420. The molecular formula is C18H13ClF3N3O2. The van der Waals surface area contributed by atoms with E-state index in [1.54, 1.807) is 12.1 Å². The highest BCUT2D eigenvalue weighted by Crippen LogP contribution is 2.29. The molecule has 0 atom stereocenters. The first kappa shape index (κ1) is 18.9. The number of nitrogens with zero attached hydrogens (tertiary/aromatic N) is 3. The van der Waals surface area contributed by atoms with Crippen LogP contribution in [0, 0.1) is 0 Å². The normalized spacial score (nSPS) is 11.4. The van der Waals surface area contributed by atoms with Crippen molar-refractivity contribution in [1.29, 1.82) is 0 Å². The van der Waals surface area contributed by atoms with Crippen LogP contribution in [0.1, 0.15) is 18.1 Å². The molecule has 0 aliphatic rings. The molecule has 3 aromatic rings. The summed E-state index contributed by atoms with van der Waals surface area (Å²) in [4.78, 5) is 16.0. The number of aryl methyl sites for hydroxylation is 1. The van der Waals surface area contributed by atoms with E-state index in [0.29, 0.717) is 11.9 Å². The molecule has 27 heavy (non-hydrogen) atoms. The predicted molar refractivity (Wildman–Crippen MR) is 93.5 cm³/mol. The molecule has 0 saturated heterocycles. The molecule has 0 aliphatic heterocycles. The molecule has 9 heteroatoms. The Morgan fingerprint density at radius 1 is 1.11 bits per heavy atom. The summed E-state index contributed by atoms with van der Waals surface area (Å²) in [6.07, 6.45) is -1.82. The molecule has 0 fully saturated rings. The van der Waals surface area contributed by atoms with E-state index in [0.717, 1.165) is 28.8 Å². The van der Waals surface area contributed by atoms with Crippen molar-refractivity contribution in [2.75, 3.05) is 0 Å². The first-order valence-electron chi connectivity index (χ1n) is 7.88. The first-order chi connectivity index (χ1) is 12.8. The molecule has 0 bridgehead atoms. The zero-order valence-corrected chi connectivity index (χ0v) is 14.8. The minimum absolute atomic E-state index is 0.0362. The summed E-state index contributed by atoms with van der Waals surface area (Å²) < 4.78 is 44.2. The lowest BCUT2D eigenvalue weighted by Gasteiger charge is -2.10. The van der Waals surface area contributed by atoms with Crippen molar-refractivity contribution < 1.29 is 17.9 Å². The van der Waals surface area contributed by atoms with Crippen LogP contribution in [0.25, 0.3) is 5.82 Å². The maximum Gasteiger partial charge on any atom is 0.417 e. The lowest BCUT2D eigenvalue weighted by atomic mass is 10.2. The third kappa shape index (κ3) is 4.11. The Balaban J connectivity index is 1.89. The molecule has 0 amide bonds. The van der Waals surface area contributed by atoms with Crippen molar-refractivity contribution in [3.05, 3.63) is 75.3 Å². The second kappa shape index (κ2) is 7.40. The molecule has 3 rings (SSSR count). The predicted octanol–water partition coefficient (Wildman–Crippen LogP) is 4.65. The number of benzene rings is 1. The summed E-state index contributed by atoms with van der Waals surface area (Å²) in [5, 5.41) is 3.62. The molecule has 0 saturated carbocycles. The zero-order valence-electron chi connectivity index (χ0n) is 14.0. The van der Waals surface area contributed by atoms with Crippen molar-refractivity contribution in [1.82, 2.24) is 14.8 Å². The fourth-order valence-corrected chi connectivity index (χ4v) is 2.42. The largest absolute Gasteiger partial charge is 0.454 e. The maximum absolute atomic E-state index is 12.6. The fourth-order valence-electron chi connectivity index (χ4n) is 2.25. The van der Waals surface area contributed by atoms with Crippen LogP contribution < -0.4 is 10.3 Å². The molecule has 0 N–H and O–H groups in total. The fraction of sp³-hybridized carbons (Fsp3) is 0.167. The van der Waals surface area contributed by atoms with Gasteiger partial charge in [0.05, 0.1) is 11.8 Å². The minimum Gasteiger partial charge on any atom is -0.454 e. The van der Waals surface area contributed by atoms with Crippen LogP contribution in [-0.4, -0.2) is 14.8 Å². The monoisotopic (exact) mass is 395 g/mol. The average Bonchev–Trinajstić information content (AvgIpc) is 2.66.